The van der Waals surface area contributed by atoms with E-state index in [2.05, 4.69) is 20.6 Å². The zero-order valence-electron chi connectivity index (χ0n) is 11.6. The quantitative estimate of drug-likeness (QED) is 0.574. The Labute approximate surface area is 120 Å². The van der Waals surface area contributed by atoms with Gasteiger partial charge in [-0.3, -0.25) is 14.9 Å². The van der Waals surface area contributed by atoms with E-state index in [4.69, 9.17) is 0 Å². The highest BCUT2D eigenvalue weighted by atomic mass is 16.6. The van der Waals surface area contributed by atoms with Gasteiger partial charge < -0.3 is 15.6 Å². The fraction of sp³-hybridized carbons (Fsp3) is 0.231. The first-order chi connectivity index (χ1) is 10.0. The van der Waals surface area contributed by atoms with Crippen molar-refractivity contribution in [1.29, 1.82) is 0 Å². The number of aromatic nitrogens is 2. The van der Waals surface area contributed by atoms with Gasteiger partial charge in [0, 0.05) is 25.5 Å². The third kappa shape index (κ3) is 2.99. The van der Waals surface area contributed by atoms with Crippen LogP contribution in [-0.2, 0) is 0 Å². The van der Waals surface area contributed by atoms with Crippen molar-refractivity contribution < 1.29 is 9.72 Å². The Bertz CT molecular complexity index is 654. The molecule has 1 aromatic heterocycles. The van der Waals surface area contributed by atoms with Crippen LogP contribution in [0.5, 0.6) is 0 Å². The maximum Gasteiger partial charge on any atom is 0.293 e. The Kier molecular flexibility index (Phi) is 4.17. The molecule has 1 atom stereocenters. The molecule has 0 bridgehead atoms. The molecule has 2 aromatic rings. The summed E-state index contributed by atoms with van der Waals surface area (Å²) >= 11 is 0. The van der Waals surface area contributed by atoms with E-state index >= 15 is 0 Å². The number of amides is 1. The van der Waals surface area contributed by atoms with E-state index in [1.165, 1.54) is 25.2 Å². The summed E-state index contributed by atoms with van der Waals surface area (Å²) in [4.78, 5) is 29.7. The lowest BCUT2D eigenvalue weighted by molar-refractivity contribution is -0.384. The highest BCUT2D eigenvalue weighted by molar-refractivity contribution is 6.01. The van der Waals surface area contributed by atoms with Crippen LogP contribution in [0, 0.1) is 10.1 Å². The minimum Gasteiger partial charge on any atom is -0.382 e. The summed E-state index contributed by atoms with van der Waals surface area (Å²) in [5, 5.41) is 16.4. The summed E-state index contributed by atoms with van der Waals surface area (Å²) in [5.41, 5.74) is 0.257. The SMILES string of the molecule is CNc1c(C(=O)NC(C)c2ncc[nH]2)cccc1[N+](=O)[O-]. The van der Waals surface area contributed by atoms with Crippen molar-refractivity contribution in [3.8, 4) is 0 Å². The molecule has 0 fully saturated rings. The van der Waals surface area contributed by atoms with E-state index in [-0.39, 0.29) is 23.0 Å². The number of para-hydroxylation sites is 1. The lowest BCUT2D eigenvalue weighted by atomic mass is 10.1. The number of hydrogen-bond acceptors (Lipinski definition) is 5. The lowest BCUT2D eigenvalue weighted by Crippen LogP contribution is -2.28. The Balaban J connectivity index is 2.27. The van der Waals surface area contributed by atoms with Gasteiger partial charge in [-0.25, -0.2) is 4.98 Å². The topological polar surface area (TPSA) is 113 Å². The molecule has 1 amide bonds. The molecule has 8 heteroatoms. The Hall–Kier alpha value is -2.90. The van der Waals surface area contributed by atoms with Crippen molar-refractivity contribution in [3.05, 3.63) is 52.1 Å². The number of nitro benzene ring substituents is 1. The van der Waals surface area contributed by atoms with Gasteiger partial charge in [-0.05, 0) is 13.0 Å². The number of nitro groups is 1. The Morgan fingerprint density at radius 3 is 2.81 bits per heavy atom. The average Bonchev–Trinajstić information content (AvgIpc) is 3.00. The highest BCUT2D eigenvalue weighted by Crippen LogP contribution is 2.28. The van der Waals surface area contributed by atoms with Gasteiger partial charge in [-0.2, -0.15) is 0 Å². The normalized spacial score (nSPS) is 11.7. The van der Waals surface area contributed by atoms with Crippen LogP contribution in [0.1, 0.15) is 29.1 Å². The van der Waals surface area contributed by atoms with Crippen molar-refractivity contribution in [3.63, 3.8) is 0 Å². The molecule has 0 radical (unpaired) electrons. The monoisotopic (exact) mass is 289 g/mol. The van der Waals surface area contributed by atoms with E-state index in [1.807, 2.05) is 0 Å². The summed E-state index contributed by atoms with van der Waals surface area (Å²) in [5.74, 6) is 0.201. The number of imidazole rings is 1. The van der Waals surface area contributed by atoms with E-state index < -0.39 is 10.8 Å². The molecule has 2 rings (SSSR count). The highest BCUT2D eigenvalue weighted by Gasteiger charge is 2.22. The van der Waals surface area contributed by atoms with Crippen molar-refractivity contribution in [2.45, 2.75) is 13.0 Å². The Morgan fingerprint density at radius 1 is 1.48 bits per heavy atom. The predicted octanol–water partition coefficient (Wildman–Crippen LogP) is 1.85. The third-order valence-corrected chi connectivity index (χ3v) is 3.01. The zero-order valence-corrected chi connectivity index (χ0v) is 11.6. The first-order valence-corrected chi connectivity index (χ1v) is 6.30. The van der Waals surface area contributed by atoms with Gasteiger partial charge in [0.1, 0.15) is 11.5 Å². The molecule has 1 aromatic carbocycles. The smallest absolute Gasteiger partial charge is 0.293 e. The molecule has 1 unspecified atom stereocenters. The van der Waals surface area contributed by atoms with Crippen LogP contribution in [-0.4, -0.2) is 27.8 Å². The van der Waals surface area contributed by atoms with Crippen LogP contribution in [0.15, 0.2) is 30.6 Å². The number of benzene rings is 1. The van der Waals surface area contributed by atoms with Crippen LogP contribution < -0.4 is 10.6 Å². The maximum absolute atomic E-state index is 12.3. The fourth-order valence-electron chi connectivity index (χ4n) is 2.00. The van der Waals surface area contributed by atoms with Gasteiger partial charge in [-0.1, -0.05) is 6.07 Å². The number of hydrogen-bond donors (Lipinski definition) is 3. The second kappa shape index (κ2) is 6.04. The zero-order chi connectivity index (χ0) is 15.4. The molecular weight excluding hydrogens is 274 g/mol. The minimum atomic E-state index is -0.529. The Morgan fingerprint density at radius 2 is 2.24 bits per heavy atom. The molecular formula is C13H15N5O3. The molecule has 110 valence electrons. The minimum absolute atomic E-state index is 0.143. The summed E-state index contributed by atoms with van der Waals surface area (Å²) in [6.45, 7) is 1.77. The van der Waals surface area contributed by atoms with Crippen LogP contribution in [0.3, 0.4) is 0 Å². The first kappa shape index (κ1) is 14.5. The lowest BCUT2D eigenvalue weighted by Gasteiger charge is -2.14. The van der Waals surface area contributed by atoms with Gasteiger partial charge in [0.25, 0.3) is 11.6 Å². The number of nitrogens with one attached hydrogen (secondary N) is 3. The first-order valence-electron chi connectivity index (χ1n) is 6.30. The van der Waals surface area contributed by atoms with Crippen molar-refractivity contribution in [2.75, 3.05) is 12.4 Å². The molecule has 3 N–H and O–H groups in total. The molecule has 0 aliphatic rings. The molecule has 0 saturated carbocycles. The predicted molar refractivity (Wildman–Crippen MR) is 77.1 cm³/mol. The summed E-state index contributed by atoms with van der Waals surface area (Å²) < 4.78 is 0. The van der Waals surface area contributed by atoms with E-state index in [9.17, 15) is 14.9 Å². The molecule has 0 spiro atoms. The second-order valence-corrected chi connectivity index (χ2v) is 4.38. The molecule has 0 aliphatic carbocycles. The van der Waals surface area contributed by atoms with Crippen molar-refractivity contribution in [2.24, 2.45) is 0 Å². The number of carbonyl (C=O) groups is 1. The average molecular weight is 289 g/mol. The van der Waals surface area contributed by atoms with Crippen LogP contribution in [0.4, 0.5) is 11.4 Å². The van der Waals surface area contributed by atoms with Gasteiger partial charge in [-0.15, -0.1) is 0 Å². The molecule has 0 saturated heterocycles. The van der Waals surface area contributed by atoms with E-state index in [0.29, 0.717) is 5.82 Å². The van der Waals surface area contributed by atoms with Crippen molar-refractivity contribution >= 4 is 17.3 Å². The number of nitrogens with zero attached hydrogens (tertiary/aromatic N) is 2. The summed E-state index contributed by atoms with van der Waals surface area (Å²) in [6.07, 6.45) is 3.24. The second-order valence-electron chi connectivity index (χ2n) is 4.38. The van der Waals surface area contributed by atoms with Crippen LogP contribution in [0.25, 0.3) is 0 Å². The third-order valence-electron chi connectivity index (χ3n) is 3.01. The molecule has 21 heavy (non-hydrogen) atoms. The number of aromatic amines is 1. The standard InChI is InChI=1S/C13H15N5O3/c1-8(12-15-6-7-16-12)17-13(19)9-4-3-5-10(18(20)21)11(9)14-2/h3-8,14H,1-2H3,(H,15,16)(H,17,19). The van der Waals surface area contributed by atoms with Gasteiger partial charge >= 0.3 is 0 Å². The summed E-state index contributed by atoms with van der Waals surface area (Å²) in [7, 11) is 1.54. The molecule has 8 nitrogen and oxygen atoms in total. The molecule has 1 heterocycles. The van der Waals surface area contributed by atoms with Gasteiger partial charge in [0.05, 0.1) is 16.5 Å². The van der Waals surface area contributed by atoms with Gasteiger partial charge in [0.15, 0.2) is 0 Å². The number of anilines is 1. The number of H-pyrrole nitrogens is 1. The largest absolute Gasteiger partial charge is 0.382 e. The van der Waals surface area contributed by atoms with Crippen LogP contribution in [0.2, 0.25) is 0 Å². The fourth-order valence-corrected chi connectivity index (χ4v) is 2.00. The summed E-state index contributed by atoms with van der Waals surface area (Å²) in [6, 6.07) is 4.02. The van der Waals surface area contributed by atoms with Gasteiger partial charge in [0.2, 0.25) is 0 Å². The van der Waals surface area contributed by atoms with E-state index in [1.54, 1.807) is 19.3 Å². The van der Waals surface area contributed by atoms with Crippen LogP contribution >= 0.6 is 0 Å². The number of carbonyl (C=O) groups excluding carboxylic acids is 1. The van der Waals surface area contributed by atoms with Crippen molar-refractivity contribution in [1.82, 2.24) is 15.3 Å². The van der Waals surface area contributed by atoms with E-state index in [0.717, 1.165) is 0 Å². The maximum atomic E-state index is 12.3. The number of rotatable bonds is 5. The molecule has 0 aliphatic heterocycles.